The number of aryl methyl sites for hydroxylation is 1. The van der Waals surface area contributed by atoms with Crippen LogP contribution in [0.15, 0.2) is 35.7 Å². The largest absolute Gasteiger partial charge is 0.465 e. The Labute approximate surface area is 124 Å². The first-order chi connectivity index (χ1) is 9.82. The molecule has 0 N–H and O–H groups in total. The van der Waals surface area contributed by atoms with E-state index in [0.717, 1.165) is 10.4 Å². The fourth-order valence-corrected chi connectivity index (χ4v) is 3.19. The first-order valence-corrected chi connectivity index (χ1v) is 7.79. The van der Waals surface area contributed by atoms with Crippen LogP contribution < -0.4 is 0 Å². The molecule has 0 spiro atoms. The van der Waals surface area contributed by atoms with E-state index in [2.05, 4.69) is 6.58 Å². The predicted octanol–water partition coefficient (Wildman–Crippen LogP) is 1.87. The van der Waals surface area contributed by atoms with Crippen molar-refractivity contribution in [2.45, 2.75) is 18.7 Å². The topological polar surface area (TPSA) is 63.7 Å². The summed E-state index contributed by atoms with van der Waals surface area (Å²) in [5, 5.41) is 0. The van der Waals surface area contributed by atoms with Crippen LogP contribution in [0.1, 0.15) is 12.5 Å². The molecule has 0 aliphatic rings. The Balaban J connectivity index is 3.18. The number of hydrogen-bond donors (Lipinski definition) is 0. The minimum Gasteiger partial charge on any atom is -0.465 e. The fraction of sp³-hybridized carbons (Fsp3) is 0.357. The van der Waals surface area contributed by atoms with E-state index >= 15 is 0 Å². The lowest BCUT2D eigenvalue weighted by molar-refractivity contribution is -0.143. The van der Waals surface area contributed by atoms with Gasteiger partial charge < -0.3 is 4.74 Å². The zero-order valence-electron chi connectivity index (χ0n) is 12.0. The van der Waals surface area contributed by atoms with Crippen LogP contribution in [0.4, 0.5) is 4.39 Å². The number of sulfonamides is 1. The maximum atomic E-state index is 13.8. The summed E-state index contributed by atoms with van der Waals surface area (Å²) in [5.41, 5.74) is 0.602. The minimum absolute atomic E-state index is 0.117. The third kappa shape index (κ3) is 4.37. The van der Waals surface area contributed by atoms with Crippen LogP contribution in [-0.2, 0) is 19.6 Å². The van der Waals surface area contributed by atoms with E-state index in [1.807, 2.05) is 0 Å². The number of hydrogen-bond acceptors (Lipinski definition) is 4. The number of ether oxygens (including phenoxy) is 1. The van der Waals surface area contributed by atoms with Gasteiger partial charge >= 0.3 is 5.97 Å². The van der Waals surface area contributed by atoms with Crippen molar-refractivity contribution in [3.63, 3.8) is 0 Å². The van der Waals surface area contributed by atoms with Crippen molar-refractivity contribution in [1.82, 2.24) is 4.31 Å². The average Bonchev–Trinajstić information content (AvgIpc) is 2.41. The zero-order valence-corrected chi connectivity index (χ0v) is 12.8. The summed E-state index contributed by atoms with van der Waals surface area (Å²) >= 11 is 0. The minimum atomic E-state index is -4.14. The number of benzene rings is 1. The van der Waals surface area contributed by atoms with Gasteiger partial charge in [0.2, 0.25) is 10.0 Å². The quantitative estimate of drug-likeness (QED) is 0.569. The summed E-state index contributed by atoms with van der Waals surface area (Å²) in [4.78, 5) is 11.0. The SMILES string of the molecule is C=CCN(CC(=O)OCC)S(=O)(=O)c1cc(C)ccc1F. The van der Waals surface area contributed by atoms with E-state index in [4.69, 9.17) is 4.74 Å². The smallest absolute Gasteiger partial charge is 0.321 e. The first-order valence-electron chi connectivity index (χ1n) is 6.35. The monoisotopic (exact) mass is 315 g/mol. The number of esters is 1. The zero-order chi connectivity index (χ0) is 16.0. The van der Waals surface area contributed by atoms with Crippen molar-refractivity contribution in [2.75, 3.05) is 19.7 Å². The third-order valence-corrected chi connectivity index (χ3v) is 4.47. The van der Waals surface area contributed by atoms with E-state index in [9.17, 15) is 17.6 Å². The molecule has 0 unspecified atom stereocenters. The van der Waals surface area contributed by atoms with E-state index in [-0.39, 0.29) is 13.2 Å². The van der Waals surface area contributed by atoms with Gasteiger partial charge in [-0.1, -0.05) is 12.1 Å². The number of nitrogens with zero attached hydrogens (tertiary/aromatic N) is 1. The summed E-state index contributed by atoms with van der Waals surface area (Å²) in [6.45, 7) is 6.25. The molecule has 0 bridgehead atoms. The molecule has 21 heavy (non-hydrogen) atoms. The molecular formula is C14H18FNO4S. The highest BCUT2D eigenvalue weighted by atomic mass is 32.2. The number of carbonyl (C=O) groups excluding carboxylic acids is 1. The summed E-state index contributed by atoms with van der Waals surface area (Å²) < 4.78 is 44.3. The molecule has 116 valence electrons. The average molecular weight is 315 g/mol. The molecule has 1 aromatic carbocycles. The van der Waals surface area contributed by atoms with Crippen molar-refractivity contribution in [3.8, 4) is 0 Å². The van der Waals surface area contributed by atoms with Crippen LogP contribution in [0.5, 0.6) is 0 Å². The van der Waals surface area contributed by atoms with Gasteiger partial charge in [0, 0.05) is 6.54 Å². The lowest BCUT2D eigenvalue weighted by atomic mass is 10.2. The predicted molar refractivity (Wildman–Crippen MR) is 76.7 cm³/mol. The van der Waals surface area contributed by atoms with Gasteiger partial charge in [0.25, 0.3) is 0 Å². The van der Waals surface area contributed by atoms with Crippen molar-refractivity contribution in [3.05, 3.63) is 42.2 Å². The molecule has 0 aliphatic carbocycles. The van der Waals surface area contributed by atoms with Crippen molar-refractivity contribution < 1.29 is 22.3 Å². The molecule has 0 saturated heterocycles. The molecule has 0 radical (unpaired) electrons. The maximum absolute atomic E-state index is 13.8. The van der Waals surface area contributed by atoms with Gasteiger partial charge in [-0.05, 0) is 31.5 Å². The van der Waals surface area contributed by atoms with Gasteiger partial charge in [0.15, 0.2) is 0 Å². The van der Waals surface area contributed by atoms with Gasteiger partial charge in [-0.25, -0.2) is 12.8 Å². The molecule has 0 fully saturated rings. The van der Waals surface area contributed by atoms with Gasteiger partial charge in [-0.3, -0.25) is 4.79 Å². The van der Waals surface area contributed by atoms with Crippen molar-refractivity contribution in [1.29, 1.82) is 0 Å². The summed E-state index contributed by atoms with van der Waals surface area (Å²) in [6, 6.07) is 3.78. The molecule has 1 rings (SSSR count). The molecule has 0 saturated carbocycles. The van der Waals surface area contributed by atoms with Crippen LogP contribution in [0.2, 0.25) is 0 Å². The number of rotatable bonds is 7. The molecular weight excluding hydrogens is 297 g/mol. The molecule has 7 heteroatoms. The van der Waals surface area contributed by atoms with E-state index < -0.39 is 33.3 Å². The second-order valence-electron chi connectivity index (χ2n) is 4.33. The Morgan fingerprint density at radius 1 is 1.48 bits per heavy atom. The first kappa shape index (κ1) is 17.3. The van der Waals surface area contributed by atoms with Gasteiger partial charge in [-0.15, -0.1) is 6.58 Å². The lowest BCUT2D eigenvalue weighted by Gasteiger charge is -2.20. The molecule has 5 nitrogen and oxygen atoms in total. The molecule has 0 aliphatic heterocycles. The van der Waals surface area contributed by atoms with Crippen molar-refractivity contribution in [2.24, 2.45) is 0 Å². The normalized spacial score (nSPS) is 11.4. The molecule has 0 aromatic heterocycles. The Kier molecular flexibility index (Phi) is 6.04. The highest BCUT2D eigenvalue weighted by Crippen LogP contribution is 2.20. The third-order valence-electron chi connectivity index (χ3n) is 2.65. The number of halogens is 1. The fourth-order valence-electron chi connectivity index (χ4n) is 1.69. The standard InChI is InChI=1S/C14H18FNO4S/c1-4-8-16(10-14(17)20-5-2)21(18,19)13-9-11(3)6-7-12(13)15/h4,6-7,9H,1,5,8,10H2,2-3H3. The van der Waals surface area contributed by atoms with Crippen LogP contribution in [0.3, 0.4) is 0 Å². The highest BCUT2D eigenvalue weighted by Gasteiger charge is 2.28. The second kappa shape index (κ2) is 7.33. The van der Waals surface area contributed by atoms with Crippen LogP contribution in [0.25, 0.3) is 0 Å². The Bertz CT molecular complexity index is 628. The van der Waals surface area contributed by atoms with Gasteiger partial charge in [0.05, 0.1) is 6.61 Å². The lowest BCUT2D eigenvalue weighted by Crippen LogP contribution is -2.37. The number of carbonyl (C=O) groups is 1. The van der Waals surface area contributed by atoms with Crippen LogP contribution in [-0.4, -0.2) is 38.4 Å². The van der Waals surface area contributed by atoms with Crippen LogP contribution in [0, 0.1) is 12.7 Å². The second-order valence-corrected chi connectivity index (χ2v) is 6.23. The molecule has 0 atom stereocenters. The Morgan fingerprint density at radius 2 is 2.14 bits per heavy atom. The molecule has 0 amide bonds. The maximum Gasteiger partial charge on any atom is 0.321 e. The summed E-state index contributed by atoms with van der Waals surface area (Å²) in [6.07, 6.45) is 1.32. The summed E-state index contributed by atoms with van der Waals surface area (Å²) in [5.74, 6) is -1.56. The molecule has 0 heterocycles. The van der Waals surface area contributed by atoms with E-state index in [0.29, 0.717) is 5.56 Å². The molecule has 1 aromatic rings. The van der Waals surface area contributed by atoms with Gasteiger partial charge in [0.1, 0.15) is 17.3 Å². The Morgan fingerprint density at radius 3 is 2.71 bits per heavy atom. The van der Waals surface area contributed by atoms with Gasteiger partial charge in [-0.2, -0.15) is 4.31 Å². The Hall–Kier alpha value is -1.73. The summed E-state index contributed by atoms with van der Waals surface area (Å²) in [7, 11) is -4.14. The van der Waals surface area contributed by atoms with E-state index in [1.54, 1.807) is 13.8 Å². The van der Waals surface area contributed by atoms with Crippen LogP contribution >= 0.6 is 0 Å². The van der Waals surface area contributed by atoms with Crippen molar-refractivity contribution >= 4 is 16.0 Å². The van der Waals surface area contributed by atoms with E-state index in [1.165, 1.54) is 18.2 Å². The highest BCUT2D eigenvalue weighted by molar-refractivity contribution is 7.89.